The summed E-state index contributed by atoms with van der Waals surface area (Å²) < 4.78 is 10.6. The molecular formula is C14H16BrClO4. The molecule has 0 saturated heterocycles. The number of hydrogen-bond acceptors (Lipinski definition) is 4. The van der Waals surface area contributed by atoms with Crippen LogP contribution in [0.2, 0.25) is 5.02 Å². The second kappa shape index (κ2) is 8.27. The van der Waals surface area contributed by atoms with Crippen LogP contribution in [0.3, 0.4) is 0 Å². The number of benzene rings is 1. The maximum Gasteiger partial charge on any atom is 0.339 e. The highest BCUT2D eigenvalue weighted by Crippen LogP contribution is 2.27. The summed E-state index contributed by atoms with van der Waals surface area (Å²) in [5.74, 6) is -1.15. The number of carbonyl (C=O) groups is 2. The summed E-state index contributed by atoms with van der Waals surface area (Å²) in [5.41, 5.74) is 0.261. The summed E-state index contributed by atoms with van der Waals surface area (Å²) in [5, 5.41) is 0.334. The van der Waals surface area contributed by atoms with Crippen molar-refractivity contribution in [1.29, 1.82) is 0 Å². The molecule has 1 rings (SSSR count). The van der Waals surface area contributed by atoms with Crippen molar-refractivity contribution in [3.63, 3.8) is 0 Å². The molecule has 0 aliphatic rings. The average molecular weight is 364 g/mol. The Bertz CT molecular complexity index is 502. The van der Waals surface area contributed by atoms with Gasteiger partial charge in [0.2, 0.25) is 0 Å². The second-order valence-electron chi connectivity index (χ2n) is 4.02. The molecule has 0 aromatic heterocycles. The number of halogens is 2. The minimum atomic E-state index is -0.577. The van der Waals surface area contributed by atoms with E-state index in [-0.39, 0.29) is 17.7 Å². The number of hydrogen-bond donors (Lipinski definition) is 0. The van der Waals surface area contributed by atoms with Crippen LogP contribution in [0.15, 0.2) is 16.6 Å². The first-order valence-electron chi connectivity index (χ1n) is 6.34. The van der Waals surface area contributed by atoms with E-state index in [4.69, 9.17) is 21.1 Å². The van der Waals surface area contributed by atoms with E-state index in [1.54, 1.807) is 6.92 Å². The summed E-state index contributed by atoms with van der Waals surface area (Å²) in [7, 11) is 0. The summed E-state index contributed by atoms with van der Waals surface area (Å²) in [6.45, 7) is 4.23. The third-order valence-corrected chi connectivity index (χ3v) is 3.70. The maximum absolute atomic E-state index is 12.0. The van der Waals surface area contributed by atoms with Crippen molar-refractivity contribution in [1.82, 2.24) is 0 Å². The topological polar surface area (TPSA) is 52.6 Å². The molecule has 0 atom stereocenters. The van der Waals surface area contributed by atoms with E-state index in [0.29, 0.717) is 16.1 Å². The number of carbonyl (C=O) groups excluding carboxylic acids is 2. The fourth-order valence-electron chi connectivity index (χ4n) is 1.48. The normalized spacial score (nSPS) is 10.2. The summed E-state index contributed by atoms with van der Waals surface area (Å²) in [6, 6.07) is 2.88. The predicted octanol–water partition coefficient (Wildman–Crippen LogP) is 4.24. The number of ether oxygens (including phenoxy) is 2. The highest BCUT2D eigenvalue weighted by molar-refractivity contribution is 9.10. The van der Waals surface area contributed by atoms with Crippen molar-refractivity contribution in [2.24, 2.45) is 0 Å². The highest BCUT2D eigenvalue weighted by atomic mass is 79.9. The molecule has 0 amide bonds. The number of unbranched alkanes of at least 4 members (excludes halogenated alkanes) is 1. The van der Waals surface area contributed by atoms with Crippen LogP contribution in [0.4, 0.5) is 0 Å². The molecule has 0 bridgehead atoms. The molecule has 0 radical (unpaired) electrons. The molecule has 6 heteroatoms. The molecule has 0 saturated carbocycles. The minimum absolute atomic E-state index is 0.118. The van der Waals surface area contributed by atoms with Gasteiger partial charge >= 0.3 is 11.9 Å². The van der Waals surface area contributed by atoms with Crippen molar-refractivity contribution in [2.75, 3.05) is 13.2 Å². The third-order valence-electron chi connectivity index (χ3n) is 2.51. The van der Waals surface area contributed by atoms with E-state index >= 15 is 0 Å². The fourth-order valence-corrected chi connectivity index (χ4v) is 1.99. The molecule has 0 N–H and O–H groups in total. The molecule has 0 aliphatic heterocycles. The van der Waals surface area contributed by atoms with Gasteiger partial charge in [0.25, 0.3) is 0 Å². The first kappa shape index (κ1) is 17.0. The Labute approximate surface area is 131 Å². The van der Waals surface area contributed by atoms with Crippen LogP contribution in [-0.4, -0.2) is 25.2 Å². The average Bonchev–Trinajstić information content (AvgIpc) is 2.41. The monoisotopic (exact) mass is 362 g/mol. The maximum atomic E-state index is 12.0. The number of rotatable bonds is 6. The molecule has 20 heavy (non-hydrogen) atoms. The molecular weight excluding hydrogens is 348 g/mol. The lowest BCUT2D eigenvalue weighted by Gasteiger charge is -2.10. The third kappa shape index (κ3) is 4.49. The molecule has 0 unspecified atom stereocenters. The van der Waals surface area contributed by atoms with Crippen LogP contribution >= 0.6 is 27.5 Å². The van der Waals surface area contributed by atoms with Gasteiger partial charge in [0.05, 0.1) is 29.4 Å². The van der Waals surface area contributed by atoms with Gasteiger partial charge < -0.3 is 9.47 Å². The van der Waals surface area contributed by atoms with Gasteiger partial charge in [-0.25, -0.2) is 9.59 Å². The Morgan fingerprint density at radius 3 is 2.35 bits per heavy atom. The quantitative estimate of drug-likeness (QED) is 0.560. The van der Waals surface area contributed by atoms with Crippen LogP contribution in [0, 0.1) is 0 Å². The van der Waals surface area contributed by atoms with Crippen molar-refractivity contribution in [3.8, 4) is 0 Å². The SMILES string of the molecule is CCCCOC(=O)c1cc(Cl)c(Br)cc1C(=O)OCC. The van der Waals surface area contributed by atoms with Gasteiger partial charge in [0.1, 0.15) is 0 Å². The van der Waals surface area contributed by atoms with E-state index in [9.17, 15) is 9.59 Å². The van der Waals surface area contributed by atoms with Gasteiger partial charge in [-0.2, -0.15) is 0 Å². The van der Waals surface area contributed by atoms with Crippen molar-refractivity contribution >= 4 is 39.5 Å². The summed E-state index contributed by atoms with van der Waals surface area (Å²) in [6.07, 6.45) is 1.68. The van der Waals surface area contributed by atoms with Crippen LogP contribution in [0.5, 0.6) is 0 Å². The van der Waals surface area contributed by atoms with E-state index in [2.05, 4.69) is 15.9 Å². The zero-order chi connectivity index (χ0) is 15.1. The van der Waals surface area contributed by atoms with Crippen molar-refractivity contribution in [3.05, 3.63) is 32.8 Å². The molecule has 0 fully saturated rings. The molecule has 0 aliphatic carbocycles. The zero-order valence-corrected chi connectivity index (χ0v) is 13.7. The summed E-state index contributed by atoms with van der Waals surface area (Å²) in [4.78, 5) is 23.9. The molecule has 1 aromatic carbocycles. The lowest BCUT2D eigenvalue weighted by atomic mass is 10.1. The van der Waals surface area contributed by atoms with E-state index in [0.717, 1.165) is 12.8 Å². The largest absolute Gasteiger partial charge is 0.462 e. The van der Waals surface area contributed by atoms with Crippen LogP contribution in [-0.2, 0) is 9.47 Å². The minimum Gasteiger partial charge on any atom is -0.462 e. The smallest absolute Gasteiger partial charge is 0.339 e. The Kier molecular flexibility index (Phi) is 7.02. The van der Waals surface area contributed by atoms with E-state index in [1.807, 2.05) is 6.92 Å². The van der Waals surface area contributed by atoms with Gasteiger partial charge in [0.15, 0.2) is 0 Å². The van der Waals surface area contributed by atoms with Crippen LogP contribution < -0.4 is 0 Å². The van der Waals surface area contributed by atoms with Gasteiger partial charge in [-0.15, -0.1) is 0 Å². The first-order valence-corrected chi connectivity index (χ1v) is 7.51. The molecule has 1 aromatic rings. The Hall–Kier alpha value is -1.07. The van der Waals surface area contributed by atoms with E-state index in [1.165, 1.54) is 12.1 Å². The van der Waals surface area contributed by atoms with Crippen LogP contribution in [0.1, 0.15) is 47.4 Å². The standard InChI is InChI=1S/C14H16BrClO4/c1-3-5-6-20-14(18)10-8-12(16)11(15)7-9(10)13(17)19-4-2/h7-8H,3-6H2,1-2H3. The van der Waals surface area contributed by atoms with Crippen molar-refractivity contribution < 1.29 is 19.1 Å². The Morgan fingerprint density at radius 1 is 1.15 bits per heavy atom. The summed E-state index contributed by atoms with van der Waals surface area (Å²) >= 11 is 9.19. The number of esters is 2. The fraction of sp³-hybridized carbons (Fsp3) is 0.429. The molecule has 0 heterocycles. The first-order chi connectivity index (χ1) is 9.51. The second-order valence-corrected chi connectivity index (χ2v) is 5.28. The van der Waals surface area contributed by atoms with Gasteiger partial charge in [-0.3, -0.25) is 0 Å². The predicted molar refractivity (Wildman–Crippen MR) is 80.3 cm³/mol. The lowest BCUT2D eigenvalue weighted by Crippen LogP contribution is -2.14. The lowest BCUT2D eigenvalue weighted by molar-refractivity contribution is 0.0463. The van der Waals surface area contributed by atoms with Crippen molar-refractivity contribution in [2.45, 2.75) is 26.7 Å². The van der Waals surface area contributed by atoms with Gasteiger partial charge in [-0.1, -0.05) is 24.9 Å². The zero-order valence-electron chi connectivity index (χ0n) is 11.4. The Morgan fingerprint density at radius 2 is 1.75 bits per heavy atom. The Balaban J connectivity index is 3.06. The van der Waals surface area contributed by atoms with Crippen LogP contribution in [0.25, 0.3) is 0 Å². The molecule has 0 spiro atoms. The van der Waals surface area contributed by atoms with Gasteiger partial charge in [-0.05, 0) is 41.4 Å². The highest BCUT2D eigenvalue weighted by Gasteiger charge is 2.21. The van der Waals surface area contributed by atoms with Gasteiger partial charge in [0, 0.05) is 4.47 Å². The molecule has 110 valence electrons. The molecule has 4 nitrogen and oxygen atoms in total. The van der Waals surface area contributed by atoms with E-state index < -0.39 is 11.9 Å².